The van der Waals surface area contributed by atoms with E-state index in [0.29, 0.717) is 6.04 Å². The molecule has 0 amide bonds. The molecule has 0 spiro atoms. The van der Waals surface area contributed by atoms with Crippen LogP contribution in [0.5, 0.6) is 5.75 Å². The van der Waals surface area contributed by atoms with Crippen LogP contribution in [-0.4, -0.2) is 24.2 Å². The molecule has 1 aromatic rings. The number of aromatic nitrogens is 1. The molecule has 1 N–H and O–H groups in total. The normalized spacial score (nSPS) is 24.0. The van der Waals surface area contributed by atoms with Crippen molar-refractivity contribution >= 4 is 18.0 Å². The van der Waals surface area contributed by atoms with Gasteiger partial charge in [-0.1, -0.05) is 12.2 Å². The molecule has 1 unspecified atom stereocenters. The highest BCUT2D eigenvalue weighted by molar-refractivity contribution is 7.71. The van der Waals surface area contributed by atoms with Crippen molar-refractivity contribution in [3.05, 3.63) is 16.8 Å². The number of hydrogen-bond acceptors (Lipinski definition) is 3. The molecular weight excluding hydrogens is 196 g/mol. The van der Waals surface area contributed by atoms with E-state index in [2.05, 4.69) is 9.88 Å². The molecule has 1 fully saturated rings. The van der Waals surface area contributed by atoms with Crippen LogP contribution < -0.4 is 9.64 Å². The van der Waals surface area contributed by atoms with E-state index in [4.69, 9.17) is 17.0 Å². The quantitative estimate of drug-likeness (QED) is 0.662. The number of anilines is 1. The number of nitrogens with zero attached hydrogens (tertiary/aromatic N) is 1. The van der Waals surface area contributed by atoms with Crippen molar-refractivity contribution in [2.45, 2.75) is 18.9 Å². The minimum Gasteiger partial charge on any atom is -0.486 e. The number of nitrogens with one attached hydrogen (secondary N) is 1. The predicted molar refractivity (Wildman–Crippen MR) is 57.5 cm³/mol. The third kappa shape index (κ3) is 1.07. The van der Waals surface area contributed by atoms with Gasteiger partial charge >= 0.3 is 0 Å². The highest BCUT2D eigenvalue weighted by atomic mass is 32.1. The summed E-state index contributed by atoms with van der Waals surface area (Å²) in [7, 11) is 0. The van der Waals surface area contributed by atoms with E-state index in [-0.39, 0.29) is 0 Å². The Balaban J connectivity index is 2.14. The largest absolute Gasteiger partial charge is 0.486 e. The van der Waals surface area contributed by atoms with Crippen molar-refractivity contribution in [1.29, 1.82) is 0 Å². The van der Waals surface area contributed by atoms with Gasteiger partial charge in [-0.3, -0.25) is 0 Å². The summed E-state index contributed by atoms with van der Waals surface area (Å²) < 4.78 is 6.50. The Morgan fingerprint density at radius 3 is 3.43 bits per heavy atom. The number of fused-ring (bicyclic) bond motifs is 3. The van der Waals surface area contributed by atoms with Gasteiger partial charge in [-0.2, -0.15) is 0 Å². The fourth-order valence-corrected chi connectivity index (χ4v) is 2.51. The van der Waals surface area contributed by atoms with E-state index in [9.17, 15) is 0 Å². The van der Waals surface area contributed by atoms with Crippen LogP contribution in [0, 0.1) is 4.51 Å². The number of aromatic amines is 1. The summed E-state index contributed by atoms with van der Waals surface area (Å²) in [5.41, 5.74) is 0. The standard InChI is InChI=1S/C10H12N2OS/c14-8-3-4-11-10-9(8)13-6-7-2-1-5-12(7)10/h3-4,7H,1-2,5-6H2,(H,11,14). The zero-order chi connectivity index (χ0) is 9.54. The summed E-state index contributed by atoms with van der Waals surface area (Å²) >= 11 is 5.23. The molecular formula is C10H12N2OS. The van der Waals surface area contributed by atoms with Crippen LogP contribution in [0.1, 0.15) is 12.8 Å². The summed E-state index contributed by atoms with van der Waals surface area (Å²) in [6, 6.07) is 2.43. The van der Waals surface area contributed by atoms with Crippen molar-refractivity contribution in [2.24, 2.45) is 0 Å². The highest BCUT2D eigenvalue weighted by Gasteiger charge is 2.32. The first-order valence-corrected chi connectivity index (χ1v) is 5.38. The molecule has 0 aromatic carbocycles. The van der Waals surface area contributed by atoms with E-state index in [1.807, 2.05) is 12.3 Å². The summed E-state index contributed by atoms with van der Waals surface area (Å²) in [6.45, 7) is 1.91. The van der Waals surface area contributed by atoms with Gasteiger partial charge < -0.3 is 14.6 Å². The fourth-order valence-electron chi connectivity index (χ4n) is 2.29. The van der Waals surface area contributed by atoms with Crippen LogP contribution in [0.3, 0.4) is 0 Å². The molecule has 3 nitrogen and oxygen atoms in total. The zero-order valence-corrected chi connectivity index (χ0v) is 8.64. The van der Waals surface area contributed by atoms with Crippen LogP contribution >= 0.6 is 12.2 Å². The van der Waals surface area contributed by atoms with Gasteiger partial charge in [0, 0.05) is 12.7 Å². The van der Waals surface area contributed by atoms with Crippen LogP contribution in [0.4, 0.5) is 5.82 Å². The third-order valence-electron chi connectivity index (χ3n) is 2.98. The first kappa shape index (κ1) is 8.29. The Morgan fingerprint density at radius 2 is 2.50 bits per heavy atom. The summed E-state index contributed by atoms with van der Waals surface area (Å²) in [5, 5.41) is 0. The molecule has 0 aliphatic carbocycles. The molecule has 74 valence electrons. The Hall–Kier alpha value is -1.03. The maximum atomic E-state index is 5.69. The van der Waals surface area contributed by atoms with Crippen LogP contribution in [0.25, 0.3) is 0 Å². The molecule has 1 aromatic heterocycles. The number of ether oxygens (including phenoxy) is 1. The predicted octanol–water partition coefficient (Wildman–Crippen LogP) is 2.11. The van der Waals surface area contributed by atoms with Gasteiger partial charge in [0.25, 0.3) is 0 Å². The van der Waals surface area contributed by atoms with E-state index >= 15 is 0 Å². The van der Waals surface area contributed by atoms with Crippen LogP contribution in [0.15, 0.2) is 12.3 Å². The lowest BCUT2D eigenvalue weighted by Gasteiger charge is -2.32. The molecule has 2 aliphatic rings. The molecule has 2 aliphatic heterocycles. The SMILES string of the molecule is S=c1cc[nH]c2c1OCC1CCCN21. The van der Waals surface area contributed by atoms with Crippen molar-refractivity contribution in [3.63, 3.8) is 0 Å². The van der Waals surface area contributed by atoms with E-state index in [1.54, 1.807) is 0 Å². The molecule has 0 bridgehead atoms. The molecule has 14 heavy (non-hydrogen) atoms. The maximum Gasteiger partial charge on any atom is 0.177 e. The number of hydrogen-bond donors (Lipinski definition) is 1. The number of H-pyrrole nitrogens is 1. The van der Waals surface area contributed by atoms with E-state index in [1.165, 1.54) is 12.8 Å². The van der Waals surface area contributed by atoms with Crippen molar-refractivity contribution < 1.29 is 4.74 Å². The molecule has 1 atom stereocenters. The summed E-state index contributed by atoms with van der Waals surface area (Å²) in [4.78, 5) is 5.62. The minimum atomic E-state index is 0.551. The Labute approximate surface area is 87.7 Å². The molecule has 1 saturated heterocycles. The van der Waals surface area contributed by atoms with Gasteiger partial charge in [0.1, 0.15) is 6.61 Å². The molecule has 3 heterocycles. The maximum absolute atomic E-state index is 5.69. The second kappa shape index (κ2) is 2.98. The Morgan fingerprint density at radius 1 is 1.57 bits per heavy atom. The lowest BCUT2D eigenvalue weighted by molar-refractivity contribution is 0.269. The second-order valence-corrected chi connectivity index (χ2v) is 4.26. The molecule has 4 heteroatoms. The lowest BCUT2D eigenvalue weighted by atomic mass is 10.2. The summed E-state index contributed by atoms with van der Waals surface area (Å²) in [6.07, 6.45) is 4.38. The van der Waals surface area contributed by atoms with Gasteiger partial charge in [0.15, 0.2) is 11.6 Å². The smallest absolute Gasteiger partial charge is 0.177 e. The van der Waals surface area contributed by atoms with Crippen molar-refractivity contribution in [2.75, 3.05) is 18.1 Å². The Kier molecular flexibility index (Phi) is 1.77. The van der Waals surface area contributed by atoms with E-state index < -0.39 is 0 Å². The number of rotatable bonds is 0. The average molecular weight is 208 g/mol. The van der Waals surface area contributed by atoms with E-state index in [0.717, 1.165) is 29.2 Å². The van der Waals surface area contributed by atoms with Gasteiger partial charge in [-0.15, -0.1) is 0 Å². The highest BCUT2D eigenvalue weighted by Crippen LogP contribution is 2.36. The first-order valence-electron chi connectivity index (χ1n) is 4.97. The Bertz CT molecular complexity index is 415. The number of pyridine rings is 1. The van der Waals surface area contributed by atoms with Crippen molar-refractivity contribution in [3.8, 4) is 5.75 Å². The monoisotopic (exact) mass is 208 g/mol. The van der Waals surface area contributed by atoms with Crippen molar-refractivity contribution in [1.82, 2.24) is 4.98 Å². The minimum absolute atomic E-state index is 0.551. The van der Waals surface area contributed by atoms with Gasteiger partial charge in [-0.05, 0) is 18.9 Å². The van der Waals surface area contributed by atoms with Crippen LogP contribution in [-0.2, 0) is 0 Å². The topological polar surface area (TPSA) is 28.3 Å². The molecule has 0 radical (unpaired) electrons. The first-order chi connectivity index (χ1) is 6.86. The lowest BCUT2D eigenvalue weighted by Crippen LogP contribution is -2.38. The molecule has 0 saturated carbocycles. The van der Waals surface area contributed by atoms with Crippen LogP contribution in [0.2, 0.25) is 0 Å². The second-order valence-electron chi connectivity index (χ2n) is 3.82. The third-order valence-corrected chi connectivity index (χ3v) is 3.30. The average Bonchev–Trinajstić information content (AvgIpc) is 2.66. The zero-order valence-electron chi connectivity index (χ0n) is 7.82. The van der Waals surface area contributed by atoms with Gasteiger partial charge in [0.05, 0.1) is 10.6 Å². The van der Waals surface area contributed by atoms with Gasteiger partial charge in [-0.25, -0.2) is 0 Å². The summed E-state index contributed by atoms with van der Waals surface area (Å²) in [5.74, 6) is 1.94. The fraction of sp³-hybridized carbons (Fsp3) is 0.500. The van der Waals surface area contributed by atoms with Gasteiger partial charge in [0.2, 0.25) is 0 Å². The molecule has 3 rings (SSSR count).